The molecule has 1 heterocycles. The van der Waals surface area contributed by atoms with Gasteiger partial charge in [-0.2, -0.15) is 0 Å². The van der Waals surface area contributed by atoms with E-state index >= 15 is 0 Å². The number of benzene rings is 1. The molecular weight excluding hydrogens is 348 g/mol. The van der Waals surface area contributed by atoms with Gasteiger partial charge in [0.25, 0.3) is 0 Å². The lowest BCUT2D eigenvalue weighted by Crippen LogP contribution is -2.29. The Hall–Kier alpha value is -0.820. The molecule has 1 atom stereocenters. The number of aromatic nitrogens is 2. The van der Waals surface area contributed by atoms with E-state index in [4.69, 9.17) is 5.84 Å². The van der Waals surface area contributed by atoms with Gasteiger partial charge in [0, 0.05) is 21.3 Å². The highest BCUT2D eigenvalue weighted by molar-refractivity contribution is 9.11. The molecule has 3 N–H and O–H groups in total. The van der Waals surface area contributed by atoms with Crippen molar-refractivity contribution >= 4 is 31.9 Å². The average molecular weight is 358 g/mol. The molecule has 6 heteroatoms. The summed E-state index contributed by atoms with van der Waals surface area (Å²) < 4.78 is 1.96. The highest BCUT2D eigenvalue weighted by Crippen LogP contribution is 2.26. The molecule has 0 saturated carbocycles. The Morgan fingerprint density at radius 2 is 1.82 bits per heavy atom. The molecular formula is C11H10Br2N4. The van der Waals surface area contributed by atoms with E-state index in [1.165, 1.54) is 0 Å². The molecule has 0 saturated heterocycles. The van der Waals surface area contributed by atoms with Crippen LogP contribution < -0.4 is 11.3 Å². The minimum absolute atomic E-state index is 0.183. The van der Waals surface area contributed by atoms with Crippen LogP contribution in [0, 0.1) is 0 Å². The number of halogens is 2. The Balaban J connectivity index is 2.42. The molecule has 0 spiro atoms. The second-order valence-corrected chi connectivity index (χ2v) is 5.26. The minimum Gasteiger partial charge on any atom is -0.271 e. The number of nitrogens with zero attached hydrogens (tertiary/aromatic N) is 2. The first-order valence-corrected chi connectivity index (χ1v) is 6.47. The first kappa shape index (κ1) is 12.6. The van der Waals surface area contributed by atoms with Gasteiger partial charge in [-0.25, -0.2) is 5.43 Å². The van der Waals surface area contributed by atoms with Crippen LogP contribution in [0.3, 0.4) is 0 Å². The average Bonchev–Trinajstić information content (AvgIpc) is 2.30. The highest BCUT2D eigenvalue weighted by Gasteiger charge is 2.14. The summed E-state index contributed by atoms with van der Waals surface area (Å²) in [7, 11) is 0. The third-order valence-electron chi connectivity index (χ3n) is 2.26. The van der Waals surface area contributed by atoms with Gasteiger partial charge in [0.1, 0.15) is 0 Å². The van der Waals surface area contributed by atoms with Crippen molar-refractivity contribution in [1.82, 2.24) is 15.4 Å². The molecule has 1 aromatic heterocycles. The van der Waals surface area contributed by atoms with Crippen molar-refractivity contribution in [2.24, 2.45) is 5.84 Å². The lowest BCUT2D eigenvalue weighted by Gasteiger charge is -2.16. The van der Waals surface area contributed by atoms with E-state index in [-0.39, 0.29) is 6.04 Å². The highest BCUT2D eigenvalue weighted by atomic mass is 79.9. The van der Waals surface area contributed by atoms with Crippen molar-refractivity contribution < 1.29 is 0 Å². The van der Waals surface area contributed by atoms with Gasteiger partial charge in [-0.15, -0.1) is 0 Å². The maximum absolute atomic E-state index is 5.59. The number of nitrogens with one attached hydrogen (secondary N) is 1. The predicted octanol–water partition coefficient (Wildman–Crippen LogP) is 2.55. The topological polar surface area (TPSA) is 63.8 Å². The molecule has 0 aliphatic rings. The SMILES string of the molecule is NNC(c1cc(Br)cc(Br)c1)c1cnccn1. The van der Waals surface area contributed by atoms with Crippen LogP contribution in [0.5, 0.6) is 0 Å². The molecule has 0 amide bonds. The number of rotatable bonds is 3. The van der Waals surface area contributed by atoms with Crippen molar-refractivity contribution in [3.05, 3.63) is 57.0 Å². The van der Waals surface area contributed by atoms with Crippen molar-refractivity contribution in [3.8, 4) is 0 Å². The van der Waals surface area contributed by atoms with Crippen molar-refractivity contribution in [2.75, 3.05) is 0 Å². The molecule has 0 bridgehead atoms. The van der Waals surface area contributed by atoms with Gasteiger partial charge in [0.15, 0.2) is 0 Å². The maximum atomic E-state index is 5.59. The minimum atomic E-state index is -0.183. The molecule has 1 unspecified atom stereocenters. The van der Waals surface area contributed by atoms with Gasteiger partial charge in [-0.1, -0.05) is 31.9 Å². The van der Waals surface area contributed by atoms with Crippen LogP contribution >= 0.6 is 31.9 Å². The van der Waals surface area contributed by atoms with Crippen LogP contribution in [0.25, 0.3) is 0 Å². The summed E-state index contributed by atoms with van der Waals surface area (Å²) in [4.78, 5) is 8.29. The summed E-state index contributed by atoms with van der Waals surface area (Å²) in [5.74, 6) is 5.59. The van der Waals surface area contributed by atoms with Gasteiger partial charge in [0.05, 0.1) is 17.9 Å². The number of hydrogen-bond acceptors (Lipinski definition) is 4. The Labute approximate surface area is 116 Å². The van der Waals surface area contributed by atoms with Crippen LogP contribution in [-0.2, 0) is 0 Å². The maximum Gasteiger partial charge on any atom is 0.0897 e. The van der Waals surface area contributed by atoms with E-state index in [1.807, 2.05) is 18.2 Å². The summed E-state index contributed by atoms with van der Waals surface area (Å²) in [5.41, 5.74) is 4.53. The van der Waals surface area contributed by atoms with Crippen LogP contribution in [0.2, 0.25) is 0 Å². The Kier molecular flexibility index (Phi) is 4.22. The summed E-state index contributed by atoms with van der Waals surface area (Å²) in [6.45, 7) is 0. The summed E-state index contributed by atoms with van der Waals surface area (Å²) in [5, 5.41) is 0. The molecule has 2 aromatic rings. The van der Waals surface area contributed by atoms with E-state index < -0.39 is 0 Å². The fourth-order valence-corrected chi connectivity index (χ4v) is 2.88. The summed E-state index contributed by atoms with van der Waals surface area (Å²) in [6.07, 6.45) is 4.97. The van der Waals surface area contributed by atoms with Crippen LogP contribution in [0.15, 0.2) is 45.7 Å². The zero-order valence-corrected chi connectivity index (χ0v) is 11.9. The molecule has 0 aliphatic heterocycles. The van der Waals surface area contributed by atoms with Gasteiger partial charge in [-0.05, 0) is 23.8 Å². The predicted molar refractivity (Wildman–Crippen MR) is 73.0 cm³/mol. The summed E-state index contributed by atoms with van der Waals surface area (Å²) in [6, 6.07) is 5.76. The number of hydrazine groups is 1. The second-order valence-electron chi connectivity index (χ2n) is 3.43. The Bertz CT molecular complexity index is 484. The molecule has 4 nitrogen and oxygen atoms in total. The Morgan fingerprint density at radius 1 is 1.12 bits per heavy atom. The third-order valence-corrected chi connectivity index (χ3v) is 3.18. The fourth-order valence-electron chi connectivity index (χ4n) is 1.55. The van der Waals surface area contributed by atoms with Crippen LogP contribution in [0.4, 0.5) is 0 Å². The number of nitrogens with two attached hydrogens (primary N) is 1. The largest absolute Gasteiger partial charge is 0.271 e. The van der Waals surface area contributed by atoms with Gasteiger partial charge in [0.2, 0.25) is 0 Å². The zero-order chi connectivity index (χ0) is 12.3. The molecule has 88 valence electrons. The van der Waals surface area contributed by atoms with Gasteiger partial charge in [-0.3, -0.25) is 15.8 Å². The lowest BCUT2D eigenvalue weighted by atomic mass is 10.1. The molecule has 0 aliphatic carbocycles. The second kappa shape index (κ2) is 5.68. The van der Waals surface area contributed by atoms with Gasteiger partial charge < -0.3 is 0 Å². The normalized spacial score (nSPS) is 12.4. The van der Waals surface area contributed by atoms with E-state index in [9.17, 15) is 0 Å². The first-order valence-electron chi connectivity index (χ1n) is 4.88. The molecule has 0 radical (unpaired) electrons. The van der Waals surface area contributed by atoms with Crippen LogP contribution in [0.1, 0.15) is 17.3 Å². The van der Waals surface area contributed by atoms with Gasteiger partial charge >= 0.3 is 0 Å². The van der Waals surface area contributed by atoms with E-state index in [1.54, 1.807) is 18.6 Å². The molecule has 17 heavy (non-hydrogen) atoms. The monoisotopic (exact) mass is 356 g/mol. The standard InChI is InChI=1S/C11H10Br2N4/c12-8-3-7(4-9(13)5-8)11(17-14)10-6-15-1-2-16-10/h1-6,11,17H,14H2. The Morgan fingerprint density at radius 3 is 2.35 bits per heavy atom. The van der Waals surface area contributed by atoms with E-state index in [0.29, 0.717) is 0 Å². The van der Waals surface area contributed by atoms with E-state index in [0.717, 1.165) is 20.2 Å². The van der Waals surface area contributed by atoms with Crippen LogP contribution in [-0.4, -0.2) is 9.97 Å². The van der Waals surface area contributed by atoms with Crippen molar-refractivity contribution in [1.29, 1.82) is 0 Å². The van der Waals surface area contributed by atoms with Crippen molar-refractivity contribution in [3.63, 3.8) is 0 Å². The first-order chi connectivity index (χ1) is 8.20. The number of hydrogen-bond donors (Lipinski definition) is 2. The fraction of sp³-hybridized carbons (Fsp3) is 0.0909. The molecule has 1 aromatic carbocycles. The van der Waals surface area contributed by atoms with E-state index in [2.05, 4.69) is 47.3 Å². The lowest BCUT2D eigenvalue weighted by molar-refractivity contribution is 0.617. The smallest absolute Gasteiger partial charge is 0.0897 e. The quantitative estimate of drug-likeness (QED) is 0.654. The molecule has 2 rings (SSSR count). The van der Waals surface area contributed by atoms with Crippen molar-refractivity contribution in [2.45, 2.75) is 6.04 Å². The molecule has 0 fully saturated rings. The third kappa shape index (κ3) is 3.10. The zero-order valence-electron chi connectivity index (χ0n) is 8.77. The summed E-state index contributed by atoms with van der Waals surface area (Å²) >= 11 is 6.90.